The number of piperidine rings is 1. The molecule has 3 saturated heterocycles. The van der Waals surface area contributed by atoms with Gasteiger partial charge < -0.3 is 18.9 Å². The van der Waals surface area contributed by atoms with Crippen LogP contribution in [-0.2, 0) is 20.8 Å². The molecule has 7 heteroatoms. The summed E-state index contributed by atoms with van der Waals surface area (Å²) in [7, 11) is 0. The number of hydrogen-bond donors (Lipinski definition) is 0. The van der Waals surface area contributed by atoms with Crippen molar-refractivity contribution in [2.24, 2.45) is 11.8 Å². The Kier molecular flexibility index (Phi) is 5.05. The van der Waals surface area contributed by atoms with Crippen molar-refractivity contribution in [3.8, 4) is 0 Å². The van der Waals surface area contributed by atoms with Crippen molar-refractivity contribution in [2.75, 3.05) is 46.0 Å². The van der Waals surface area contributed by atoms with E-state index in [-0.39, 0.29) is 11.8 Å². The van der Waals surface area contributed by atoms with E-state index in [1.54, 1.807) is 0 Å². The van der Waals surface area contributed by atoms with Crippen LogP contribution in [0.15, 0.2) is 10.6 Å². The van der Waals surface area contributed by atoms with Crippen molar-refractivity contribution < 1.29 is 18.8 Å². The molecule has 1 aromatic rings. The first-order valence-corrected chi connectivity index (χ1v) is 9.32. The molecule has 3 aliphatic heterocycles. The Morgan fingerprint density at radius 1 is 1.32 bits per heavy atom. The third-order valence-electron chi connectivity index (χ3n) is 5.58. The predicted octanol–water partition coefficient (Wildman–Crippen LogP) is 1.07. The van der Waals surface area contributed by atoms with Gasteiger partial charge in [-0.3, -0.25) is 9.69 Å². The second-order valence-corrected chi connectivity index (χ2v) is 7.45. The van der Waals surface area contributed by atoms with Gasteiger partial charge in [0.05, 0.1) is 37.5 Å². The van der Waals surface area contributed by atoms with E-state index in [0.717, 1.165) is 43.9 Å². The minimum atomic E-state index is -0.00593. The number of ether oxygens (including phenoxy) is 2. The van der Waals surface area contributed by atoms with Gasteiger partial charge >= 0.3 is 0 Å². The van der Waals surface area contributed by atoms with Gasteiger partial charge in [0.15, 0.2) is 0 Å². The number of aromatic nitrogens is 1. The summed E-state index contributed by atoms with van der Waals surface area (Å²) in [5, 5.41) is 4.10. The Morgan fingerprint density at radius 2 is 2.16 bits per heavy atom. The Hall–Kier alpha value is -1.44. The van der Waals surface area contributed by atoms with Crippen molar-refractivity contribution >= 4 is 5.91 Å². The lowest BCUT2D eigenvalue weighted by molar-refractivity contribution is -0.152. The number of amides is 1. The number of morpholine rings is 1. The first kappa shape index (κ1) is 17.0. The first-order valence-electron chi connectivity index (χ1n) is 9.32. The van der Waals surface area contributed by atoms with Gasteiger partial charge in [0.25, 0.3) is 0 Å². The average molecular weight is 349 g/mol. The highest BCUT2D eigenvalue weighted by atomic mass is 16.5. The molecule has 0 aliphatic carbocycles. The standard InChI is InChI=1S/C18H27N3O4/c1-13-8-16(19-25-13)11-20-3-2-17-14(10-20)9-15(12-24-17)18(22)21-4-6-23-7-5-21/h8,14-15,17H,2-7,9-12H2,1H3/t14-,15-,17+/m0/s1. The van der Waals surface area contributed by atoms with E-state index >= 15 is 0 Å². The van der Waals surface area contributed by atoms with Crippen LogP contribution >= 0.6 is 0 Å². The summed E-state index contributed by atoms with van der Waals surface area (Å²) in [5.74, 6) is 1.51. The van der Waals surface area contributed by atoms with Crippen LogP contribution in [0.4, 0.5) is 0 Å². The van der Waals surface area contributed by atoms with Gasteiger partial charge in [-0.25, -0.2) is 0 Å². The highest BCUT2D eigenvalue weighted by Crippen LogP contribution is 2.32. The minimum absolute atomic E-state index is 0.00593. The molecule has 0 aromatic carbocycles. The lowest BCUT2D eigenvalue weighted by atomic mass is 9.83. The smallest absolute Gasteiger partial charge is 0.228 e. The molecule has 25 heavy (non-hydrogen) atoms. The zero-order chi connectivity index (χ0) is 17.2. The summed E-state index contributed by atoms with van der Waals surface area (Å²) in [4.78, 5) is 17.1. The molecule has 1 aromatic heterocycles. The molecule has 7 nitrogen and oxygen atoms in total. The van der Waals surface area contributed by atoms with Crippen molar-refractivity contribution in [3.05, 3.63) is 17.5 Å². The molecule has 3 fully saturated rings. The summed E-state index contributed by atoms with van der Waals surface area (Å²) in [6.45, 7) is 7.98. The predicted molar refractivity (Wildman–Crippen MR) is 89.9 cm³/mol. The molecular formula is C18H27N3O4. The third kappa shape index (κ3) is 3.88. The average Bonchev–Trinajstić information content (AvgIpc) is 3.06. The Balaban J connectivity index is 1.34. The molecule has 138 valence electrons. The topological polar surface area (TPSA) is 68.0 Å². The van der Waals surface area contributed by atoms with Crippen molar-refractivity contribution in [2.45, 2.75) is 32.4 Å². The van der Waals surface area contributed by atoms with Crippen LogP contribution in [0.5, 0.6) is 0 Å². The monoisotopic (exact) mass is 349 g/mol. The molecule has 3 atom stereocenters. The summed E-state index contributed by atoms with van der Waals surface area (Å²) >= 11 is 0. The summed E-state index contributed by atoms with van der Waals surface area (Å²) in [6, 6.07) is 1.99. The van der Waals surface area contributed by atoms with Gasteiger partial charge in [-0.05, 0) is 25.7 Å². The fourth-order valence-electron chi connectivity index (χ4n) is 4.28. The van der Waals surface area contributed by atoms with Gasteiger partial charge in [-0.1, -0.05) is 5.16 Å². The largest absolute Gasteiger partial charge is 0.378 e. The maximum Gasteiger partial charge on any atom is 0.228 e. The molecule has 1 amide bonds. The summed E-state index contributed by atoms with van der Waals surface area (Å²) < 4.78 is 16.6. The van der Waals surface area contributed by atoms with Crippen LogP contribution in [0.3, 0.4) is 0 Å². The Morgan fingerprint density at radius 3 is 2.92 bits per heavy atom. The molecule has 0 bridgehead atoms. The van der Waals surface area contributed by atoms with Gasteiger partial charge in [0.2, 0.25) is 5.91 Å². The van der Waals surface area contributed by atoms with Crippen molar-refractivity contribution in [3.63, 3.8) is 0 Å². The number of likely N-dealkylation sites (tertiary alicyclic amines) is 1. The molecule has 0 spiro atoms. The number of carbonyl (C=O) groups excluding carboxylic acids is 1. The second-order valence-electron chi connectivity index (χ2n) is 7.45. The summed E-state index contributed by atoms with van der Waals surface area (Å²) in [5.41, 5.74) is 0.980. The van der Waals surface area contributed by atoms with E-state index in [4.69, 9.17) is 14.0 Å². The number of nitrogens with zero attached hydrogens (tertiary/aromatic N) is 3. The molecule has 3 aliphatic rings. The van der Waals surface area contributed by atoms with Crippen LogP contribution in [0.2, 0.25) is 0 Å². The Bertz CT molecular complexity index is 599. The van der Waals surface area contributed by atoms with E-state index in [1.807, 2.05) is 17.9 Å². The lowest BCUT2D eigenvalue weighted by Crippen LogP contribution is -2.52. The highest BCUT2D eigenvalue weighted by molar-refractivity contribution is 5.79. The van der Waals surface area contributed by atoms with E-state index in [1.165, 1.54) is 0 Å². The molecule has 0 radical (unpaired) electrons. The Labute approximate surface area is 148 Å². The van der Waals surface area contributed by atoms with Crippen LogP contribution < -0.4 is 0 Å². The van der Waals surface area contributed by atoms with Crippen molar-refractivity contribution in [1.29, 1.82) is 0 Å². The van der Waals surface area contributed by atoms with Gasteiger partial charge in [-0.15, -0.1) is 0 Å². The number of aryl methyl sites for hydroxylation is 1. The fraction of sp³-hybridized carbons (Fsp3) is 0.778. The molecule has 0 saturated carbocycles. The van der Waals surface area contributed by atoms with Gasteiger partial charge in [0, 0.05) is 38.8 Å². The first-order chi connectivity index (χ1) is 12.2. The minimum Gasteiger partial charge on any atom is -0.378 e. The number of carbonyl (C=O) groups is 1. The lowest BCUT2D eigenvalue weighted by Gasteiger charge is -2.43. The van der Waals surface area contributed by atoms with Crippen LogP contribution in [-0.4, -0.2) is 73.0 Å². The molecule has 4 rings (SSSR count). The quantitative estimate of drug-likeness (QED) is 0.813. The maximum atomic E-state index is 12.8. The normalized spacial score (nSPS) is 30.9. The second kappa shape index (κ2) is 7.43. The van der Waals surface area contributed by atoms with Crippen LogP contribution in [0.25, 0.3) is 0 Å². The number of rotatable bonds is 3. The van der Waals surface area contributed by atoms with Gasteiger partial charge in [0.1, 0.15) is 5.76 Å². The third-order valence-corrected chi connectivity index (χ3v) is 5.58. The highest BCUT2D eigenvalue weighted by Gasteiger charge is 2.39. The maximum absolute atomic E-state index is 12.8. The fourth-order valence-corrected chi connectivity index (χ4v) is 4.28. The molecular weight excluding hydrogens is 322 g/mol. The van der Waals surface area contributed by atoms with E-state index in [2.05, 4.69) is 10.1 Å². The SMILES string of the molecule is Cc1cc(CN2CC[C@H]3OC[C@@H](C(=O)N4CCOCC4)C[C@H]3C2)no1. The number of hydrogen-bond acceptors (Lipinski definition) is 6. The van der Waals surface area contributed by atoms with Crippen LogP contribution in [0, 0.1) is 18.8 Å². The van der Waals surface area contributed by atoms with E-state index in [0.29, 0.717) is 44.9 Å². The summed E-state index contributed by atoms with van der Waals surface area (Å²) in [6.07, 6.45) is 2.25. The van der Waals surface area contributed by atoms with E-state index in [9.17, 15) is 4.79 Å². The zero-order valence-electron chi connectivity index (χ0n) is 14.9. The molecule has 0 unspecified atom stereocenters. The number of fused-ring (bicyclic) bond motifs is 1. The molecule has 4 heterocycles. The van der Waals surface area contributed by atoms with E-state index < -0.39 is 0 Å². The van der Waals surface area contributed by atoms with Crippen LogP contribution in [0.1, 0.15) is 24.3 Å². The zero-order valence-corrected chi connectivity index (χ0v) is 14.9. The molecule has 0 N–H and O–H groups in total. The van der Waals surface area contributed by atoms with Gasteiger partial charge in [-0.2, -0.15) is 0 Å². The van der Waals surface area contributed by atoms with Crippen molar-refractivity contribution in [1.82, 2.24) is 15.0 Å².